The molecule has 8 rings (SSSR count). The normalized spacial score (nSPS) is 14.4. The van der Waals surface area contributed by atoms with E-state index in [2.05, 4.69) is 154 Å². The van der Waals surface area contributed by atoms with Gasteiger partial charge >= 0.3 is 0 Å². The highest BCUT2D eigenvalue weighted by molar-refractivity contribution is 5.86. The Morgan fingerprint density at radius 3 is 1.44 bits per heavy atom. The molecule has 8 bridgehead atoms. The van der Waals surface area contributed by atoms with Crippen molar-refractivity contribution in [3.05, 3.63) is 184 Å². The molecule has 0 aliphatic carbocycles. The monoisotopic (exact) mass is 528 g/mol. The van der Waals surface area contributed by atoms with Crippen molar-refractivity contribution in [1.29, 1.82) is 0 Å². The van der Waals surface area contributed by atoms with E-state index < -0.39 is 0 Å². The van der Waals surface area contributed by atoms with Gasteiger partial charge in [0, 0.05) is 56.6 Å². The van der Waals surface area contributed by atoms with Crippen molar-refractivity contribution >= 4 is 16.7 Å². The van der Waals surface area contributed by atoms with E-state index in [9.17, 15) is 0 Å². The van der Waals surface area contributed by atoms with Crippen molar-refractivity contribution in [3.8, 4) is 11.4 Å². The maximum atomic E-state index is 3.85. The van der Waals surface area contributed by atoms with Gasteiger partial charge < -0.3 is 20.3 Å². The highest BCUT2D eigenvalue weighted by Gasteiger charge is 2.22. The largest absolute Gasteiger partial charge is 0.358 e. The molecule has 2 aliphatic heterocycles. The fraction of sp³-hybridized carbons (Fsp3) is 0.0270. The Bertz CT molecular complexity index is 2070. The molecule has 0 fully saturated rings. The van der Waals surface area contributed by atoms with E-state index in [0.717, 1.165) is 67.9 Å². The van der Waals surface area contributed by atoms with Gasteiger partial charge in [-0.05, 0) is 53.1 Å². The van der Waals surface area contributed by atoms with Crippen LogP contribution in [0.4, 0.5) is 0 Å². The van der Waals surface area contributed by atoms with E-state index in [4.69, 9.17) is 0 Å². The number of benzene rings is 3. The van der Waals surface area contributed by atoms with Crippen LogP contribution in [-0.2, 0) is 0 Å². The Morgan fingerprint density at radius 1 is 0.390 bits per heavy atom. The van der Waals surface area contributed by atoms with Crippen LogP contribution in [0.15, 0.2) is 145 Å². The second-order valence-electron chi connectivity index (χ2n) is 10.5. The maximum absolute atomic E-state index is 3.85. The summed E-state index contributed by atoms with van der Waals surface area (Å²) in [5, 5.41) is 5.98. The van der Waals surface area contributed by atoms with E-state index >= 15 is 0 Å². The summed E-state index contributed by atoms with van der Waals surface area (Å²) in [6.45, 7) is 0. The van der Waals surface area contributed by atoms with E-state index in [1.807, 2.05) is 0 Å². The minimum atomic E-state index is 0.811. The van der Waals surface area contributed by atoms with E-state index in [1.165, 1.54) is 16.8 Å². The summed E-state index contributed by atoms with van der Waals surface area (Å²) in [7, 11) is 0. The van der Waals surface area contributed by atoms with Crippen LogP contribution in [0, 0.1) is 0 Å². The van der Waals surface area contributed by atoms with Crippen molar-refractivity contribution in [2.75, 3.05) is 0 Å². The predicted molar refractivity (Wildman–Crippen MR) is 166 cm³/mol. The lowest BCUT2D eigenvalue weighted by molar-refractivity contribution is 1.03. The smallest absolute Gasteiger partial charge is 0.0624 e. The number of hydrogen-bond acceptors (Lipinski definition) is 1. The molecule has 0 saturated carbocycles. The van der Waals surface area contributed by atoms with Gasteiger partial charge in [-0.3, -0.25) is 0 Å². The van der Waals surface area contributed by atoms with Crippen LogP contribution in [0.5, 0.6) is 0 Å². The molecule has 196 valence electrons. The molecule has 0 saturated heterocycles. The second kappa shape index (κ2) is 9.61. The van der Waals surface area contributed by atoms with E-state index in [-0.39, 0.29) is 0 Å². The number of nitrogens with one attached hydrogen (secondary N) is 4. The summed E-state index contributed by atoms with van der Waals surface area (Å²) in [5.74, 6) is 0. The minimum Gasteiger partial charge on any atom is -0.358 e. The first kappa shape index (κ1) is 23.4. The zero-order chi connectivity index (χ0) is 27.2. The van der Waals surface area contributed by atoms with Crippen LogP contribution < -0.4 is 16.0 Å². The number of rotatable bonds is 3. The summed E-state index contributed by atoms with van der Waals surface area (Å²) in [4.78, 5) is 11.3. The quantitative estimate of drug-likeness (QED) is 0.210. The van der Waals surface area contributed by atoms with Gasteiger partial charge in [-0.2, -0.15) is 0 Å². The van der Waals surface area contributed by atoms with Crippen LogP contribution >= 0.6 is 0 Å². The lowest BCUT2D eigenvalue weighted by Gasteiger charge is -2.15. The summed E-state index contributed by atoms with van der Waals surface area (Å²) in [5.41, 5.74) is 13.5. The fourth-order valence-corrected chi connectivity index (χ4v) is 6.10. The average molecular weight is 529 g/mol. The molecule has 5 heterocycles. The molecule has 2 aliphatic rings. The standard InChI is InChI=1S/C37H28N4/c1-4-10-24(11-5-1)35-29-18-16-27(38-29)28-17-19-30(39-28)36(25-12-6-2-7-13-25)32-21-23-34(41-32)37(26-14-8-3-9-15-26)33-22-20-31(35)40-33/h1-20,22-23,38-41H,21H2. The molecule has 0 unspecified atom stereocenters. The van der Waals surface area contributed by atoms with Crippen LogP contribution in [-0.4, -0.2) is 15.0 Å². The first-order valence-electron chi connectivity index (χ1n) is 14.0. The van der Waals surface area contributed by atoms with Crippen molar-refractivity contribution in [3.63, 3.8) is 0 Å². The summed E-state index contributed by atoms with van der Waals surface area (Å²) < 4.78 is 0. The Labute approximate surface area is 238 Å². The molecule has 4 N–H and O–H groups in total. The topological polar surface area (TPSA) is 59.4 Å². The number of aromatic nitrogens is 3. The molecule has 0 radical (unpaired) electrons. The molecule has 4 nitrogen and oxygen atoms in total. The Kier molecular flexibility index (Phi) is 5.49. The first-order valence-corrected chi connectivity index (χ1v) is 14.0. The first-order chi connectivity index (χ1) is 20.3. The van der Waals surface area contributed by atoms with Gasteiger partial charge in [0.05, 0.1) is 11.4 Å². The van der Waals surface area contributed by atoms with Crippen LogP contribution in [0.3, 0.4) is 0 Å². The van der Waals surface area contributed by atoms with Crippen LogP contribution in [0.2, 0.25) is 0 Å². The number of aromatic amines is 3. The van der Waals surface area contributed by atoms with E-state index in [1.54, 1.807) is 0 Å². The Morgan fingerprint density at radius 2 is 0.854 bits per heavy atom. The van der Waals surface area contributed by atoms with Gasteiger partial charge in [0.15, 0.2) is 0 Å². The molecule has 6 aromatic rings. The molecule has 0 amide bonds. The van der Waals surface area contributed by atoms with Gasteiger partial charge in [-0.25, -0.2) is 0 Å². The molecular formula is C37H28N4. The van der Waals surface area contributed by atoms with E-state index in [0.29, 0.717) is 0 Å². The second-order valence-corrected chi connectivity index (χ2v) is 10.5. The Hall–Kier alpha value is -5.48. The number of fused-ring (bicyclic) bond motifs is 9. The van der Waals surface area contributed by atoms with Crippen molar-refractivity contribution in [2.45, 2.75) is 6.42 Å². The van der Waals surface area contributed by atoms with Gasteiger partial charge in [-0.15, -0.1) is 0 Å². The highest BCUT2D eigenvalue weighted by atomic mass is 14.9. The molecular weight excluding hydrogens is 500 g/mol. The Balaban J connectivity index is 1.45. The van der Waals surface area contributed by atoms with Gasteiger partial charge in [0.25, 0.3) is 0 Å². The number of allylic oxidation sites excluding steroid dienone is 2. The summed E-state index contributed by atoms with van der Waals surface area (Å²) in [6.07, 6.45) is 3.13. The van der Waals surface area contributed by atoms with Crippen LogP contribution in [0.1, 0.15) is 34.5 Å². The number of H-pyrrole nitrogens is 3. The third-order valence-electron chi connectivity index (χ3n) is 7.98. The average Bonchev–Trinajstić information content (AvgIpc) is 3.84. The zero-order valence-corrected chi connectivity index (χ0v) is 22.4. The molecule has 41 heavy (non-hydrogen) atoms. The highest BCUT2D eigenvalue weighted by Crippen LogP contribution is 2.34. The van der Waals surface area contributed by atoms with Crippen LogP contribution in [0.25, 0.3) is 28.1 Å². The maximum Gasteiger partial charge on any atom is 0.0624 e. The third-order valence-corrected chi connectivity index (χ3v) is 7.98. The van der Waals surface area contributed by atoms with Crippen molar-refractivity contribution in [1.82, 2.24) is 20.3 Å². The van der Waals surface area contributed by atoms with Gasteiger partial charge in [0.1, 0.15) is 0 Å². The van der Waals surface area contributed by atoms with Crippen molar-refractivity contribution < 1.29 is 0 Å². The number of hydrogen-bond donors (Lipinski definition) is 4. The molecule has 4 heteroatoms. The SMILES string of the molecule is C1=C2NC(=C(c3ccccc3)c3ccc([nH]3)-c3ccc([nH]3)C(c3ccccc3)=c3ccc([nH]3)=C2c2ccccc2)C1. The lowest BCUT2D eigenvalue weighted by Crippen LogP contribution is -2.20. The molecule has 0 spiro atoms. The molecule has 3 aromatic heterocycles. The molecule has 3 aromatic carbocycles. The zero-order valence-electron chi connectivity index (χ0n) is 22.4. The van der Waals surface area contributed by atoms with Gasteiger partial charge in [0.2, 0.25) is 0 Å². The molecule has 0 atom stereocenters. The van der Waals surface area contributed by atoms with Gasteiger partial charge in [-0.1, -0.05) is 97.1 Å². The fourth-order valence-electron chi connectivity index (χ4n) is 6.10. The predicted octanol–water partition coefficient (Wildman–Crippen LogP) is 6.43. The summed E-state index contributed by atoms with van der Waals surface area (Å²) >= 11 is 0. The minimum absolute atomic E-state index is 0.811. The third kappa shape index (κ3) is 4.09. The van der Waals surface area contributed by atoms with Crippen molar-refractivity contribution in [2.24, 2.45) is 0 Å². The summed E-state index contributed by atoms with van der Waals surface area (Å²) in [6, 6.07) is 45.0. The lowest BCUT2D eigenvalue weighted by atomic mass is 10.00.